The van der Waals surface area contributed by atoms with Crippen molar-refractivity contribution in [3.05, 3.63) is 0 Å². The zero-order chi connectivity index (χ0) is 15.5. The number of thioether (sulfide) groups is 1. The molecule has 0 saturated carbocycles. The smallest absolute Gasteiger partial charge is 0.313 e. The molecule has 20 heavy (non-hydrogen) atoms. The molecule has 0 fully saturated rings. The predicted molar refractivity (Wildman–Crippen MR) is 76.2 cm³/mol. The van der Waals surface area contributed by atoms with Crippen molar-refractivity contribution in [3.8, 4) is 0 Å². The molecule has 1 N–H and O–H groups in total. The summed E-state index contributed by atoms with van der Waals surface area (Å²) in [5, 5.41) is 1.99. The highest BCUT2D eigenvalue weighted by Crippen LogP contribution is 2.05. The minimum Gasteiger partial charge on any atom is -0.466 e. The molecule has 0 aliphatic heterocycles. The Bertz CT molecular complexity index is 370. The van der Waals surface area contributed by atoms with E-state index in [4.69, 9.17) is 0 Å². The Kier molecular flexibility index (Phi) is 9.71. The van der Waals surface area contributed by atoms with E-state index in [2.05, 4.69) is 10.1 Å². The van der Waals surface area contributed by atoms with E-state index in [-0.39, 0.29) is 18.4 Å². The van der Waals surface area contributed by atoms with Crippen molar-refractivity contribution in [2.45, 2.75) is 33.6 Å². The minimum atomic E-state index is -0.776. The summed E-state index contributed by atoms with van der Waals surface area (Å²) in [5.41, 5.74) is 0. The van der Waals surface area contributed by atoms with Gasteiger partial charge in [0.1, 0.15) is 6.42 Å². The summed E-state index contributed by atoms with van der Waals surface area (Å²) in [6, 6.07) is 0. The Labute approximate surface area is 123 Å². The third-order valence-corrected chi connectivity index (χ3v) is 3.43. The van der Waals surface area contributed by atoms with Crippen LogP contribution in [-0.4, -0.2) is 41.7 Å². The van der Waals surface area contributed by atoms with Gasteiger partial charge in [0.15, 0.2) is 0 Å². The van der Waals surface area contributed by atoms with Crippen LogP contribution in [0.25, 0.3) is 0 Å². The number of hydrogen-bond donors (Lipinski definition) is 1. The van der Waals surface area contributed by atoms with Gasteiger partial charge in [-0.25, -0.2) is 0 Å². The molecule has 1 atom stereocenters. The first kappa shape index (κ1) is 18.6. The number of rotatable bonds is 9. The maximum Gasteiger partial charge on any atom is 0.313 e. The molecule has 1 unspecified atom stereocenters. The number of ether oxygens (including phenoxy) is 1. The fraction of sp³-hybridized carbons (Fsp3) is 0.692. The van der Waals surface area contributed by atoms with Crippen LogP contribution in [0, 0.1) is 5.92 Å². The van der Waals surface area contributed by atoms with Crippen molar-refractivity contribution in [1.82, 2.24) is 5.32 Å². The molecule has 1 amide bonds. The van der Waals surface area contributed by atoms with Crippen molar-refractivity contribution in [1.29, 1.82) is 0 Å². The molecule has 0 bridgehead atoms. The summed E-state index contributed by atoms with van der Waals surface area (Å²) in [6.07, 6.45) is 0.217. The summed E-state index contributed by atoms with van der Waals surface area (Å²) in [7, 11) is 0. The second kappa shape index (κ2) is 10.4. The zero-order valence-corrected chi connectivity index (χ0v) is 12.9. The van der Waals surface area contributed by atoms with Gasteiger partial charge in [-0.3, -0.25) is 19.2 Å². The second-order valence-electron chi connectivity index (χ2n) is 4.14. The number of hydrogen-bond acceptors (Lipinski definition) is 6. The first-order valence-electron chi connectivity index (χ1n) is 6.55. The van der Waals surface area contributed by atoms with Crippen LogP contribution in [-0.2, 0) is 23.9 Å². The third kappa shape index (κ3) is 7.93. The molecule has 6 nitrogen and oxygen atoms in total. The number of ketones is 1. The number of carbonyl (C=O) groups excluding carboxylic acids is 4. The van der Waals surface area contributed by atoms with Crippen molar-refractivity contribution >= 4 is 34.5 Å². The summed E-state index contributed by atoms with van der Waals surface area (Å²) < 4.78 is 4.58. The van der Waals surface area contributed by atoms with E-state index in [0.29, 0.717) is 12.3 Å². The number of esters is 1. The number of Topliss-reactive ketones (excluding diaryl/α,β-unsaturated/α-hetero) is 1. The first-order chi connectivity index (χ1) is 9.42. The van der Waals surface area contributed by atoms with Gasteiger partial charge < -0.3 is 10.1 Å². The van der Waals surface area contributed by atoms with Crippen molar-refractivity contribution < 1.29 is 23.9 Å². The van der Waals surface area contributed by atoms with Crippen LogP contribution < -0.4 is 5.32 Å². The van der Waals surface area contributed by atoms with Crippen LogP contribution in [0.5, 0.6) is 0 Å². The molecule has 0 aliphatic carbocycles. The average Bonchev–Trinajstić information content (AvgIpc) is 2.42. The summed E-state index contributed by atoms with van der Waals surface area (Å²) in [4.78, 5) is 45.2. The van der Waals surface area contributed by atoms with E-state index in [1.807, 2.05) is 13.8 Å². The summed E-state index contributed by atoms with van der Waals surface area (Å²) in [6.45, 7) is 5.84. The fourth-order valence-corrected chi connectivity index (χ4v) is 1.80. The molecule has 0 rings (SSSR count). The van der Waals surface area contributed by atoms with Crippen molar-refractivity contribution in [2.75, 3.05) is 18.9 Å². The van der Waals surface area contributed by atoms with Crippen LogP contribution >= 0.6 is 11.8 Å². The van der Waals surface area contributed by atoms with Gasteiger partial charge in [-0.05, 0) is 13.3 Å². The molecular formula is C13H21NO5S. The largest absolute Gasteiger partial charge is 0.466 e. The molecule has 0 aliphatic rings. The maximum atomic E-state index is 11.4. The Morgan fingerprint density at radius 1 is 1.20 bits per heavy atom. The number of amides is 1. The lowest BCUT2D eigenvalue weighted by molar-refractivity contribution is -0.147. The minimum absolute atomic E-state index is 0.0684. The molecule has 0 heterocycles. The second-order valence-corrected chi connectivity index (χ2v) is 5.21. The lowest BCUT2D eigenvalue weighted by Gasteiger charge is -2.09. The zero-order valence-electron chi connectivity index (χ0n) is 12.1. The van der Waals surface area contributed by atoms with Crippen LogP contribution in [0.4, 0.5) is 0 Å². The van der Waals surface area contributed by atoms with Gasteiger partial charge in [0.05, 0.1) is 6.61 Å². The number of nitrogens with one attached hydrogen (secondary N) is 1. The van der Waals surface area contributed by atoms with E-state index < -0.39 is 23.3 Å². The molecule has 0 spiro atoms. The highest BCUT2D eigenvalue weighted by atomic mass is 32.2. The van der Waals surface area contributed by atoms with E-state index in [0.717, 1.165) is 18.2 Å². The van der Waals surface area contributed by atoms with Gasteiger partial charge in [-0.15, -0.1) is 0 Å². The van der Waals surface area contributed by atoms with Gasteiger partial charge >= 0.3 is 5.97 Å². The van der Waals surface area contributed by atoms with E-state index in [1.54, 1.807) is 6.92 Å². The molecule has 7 heteroatoms. The quantitative estimate of drug-likeness (QED) is 0.295. The lowest BCUT2D eigenvalue weighted by Crippen LogP contribution is -2.31. The molecule has 0 saturated heterocycles. The lowest BCUT2D eigenvalue weighted by atomic mass is 10.1. The highest BCUT2D eigenvalue weighted by molar-refractivity contribution is 8.15. The van der Waals surface area contributed by atoms with E-state index in [9.17, 15) is 19.2 Å². The number of carbonyl (C=O) groups is 4. The van der Waals surface area contributed by atoms with Crippen LogP contribution in [0.2, 0.25) is 0 Å². The summed E-state index contributed by atoms with van der Waals surface area (Å²) >= 11 is 0.795. The highest BCUT2D eigenvalue weighted by Gasteiger charge is 2.19. The Morgan fingerprint density at radius 3 is 2.40 bits per heavy atom. The Balaban J connectivity index is 3.85. The topological polar surface area (TPSA) is 89.5 Å². The van der Waals surface area contributed by atoms with Gasteiger partial charge in [0.2, 0.25) is 11.7 Å². The van der Waals surface area contributed by atoms with Gasteiger partial charge in [0, 0.05) is 18.2 Å². The van der Waals surface area contributed by atoms with E-state index in [1.165, 1.54) is 0 Å². The van der Waals surface area contributed by atoms with Gasteiger partial charge in [-0.2, -0.15) is 0 Å². The van der Waals surface area contributed by atoms with Crippen molar-refractivity contribution in [2.24, 2.45) is 5.92 Å². The molecule has 0 aromatic carbocycles. The van der Waals surface area contributed by atoms with Crippen molar-refractivity contribution in [3.63, 3.8) is 0 Å². The molecule has 0 aromatic rings. The normalized spacial score (nSPS) is 11.6. The van der Waals surface area contributed by atoms with Crippen LogP contribution in [0.15, 0.2) is 0 Å². The Morgan fingerprint density at radius 2 is 1.85 bits per heavy atom. The summed E-state index contributed by atoms with van der Waals surface area (Å²) in [5.74, 6) is -1.31. The average molecular weight is 303 g/mol. The predicted octanol–water partition coefficient (Wildman–Crippen LogP) is 0.931. The van der Waals surface area contributed by atoms with Gasteiger partial charge in [-0.1, -0.05) is 25.6 Å². The molecule has 0 radical (unpaired) electrons. The molecular weight excluding hydrogens is 282 g/mol. The molecule has 0 aromatic heterocycles. The standard InChI is InChI=1S/C13H21NO5S/c1-4-9(3)12(17)14-6-7-20-13(18)10(15)8-11(16)19-5-2/h9H,4-8H2,1-3H3,(H,14,17). The Hall–Kier alpha value is -1.37. The SMILES string of the molecule is CCOC(=O)CC(=O)C(=O)SCCNC(=O)C(C)CC. The van der Waals surface area contributed by atoms with Gasteiger partial charge in [0.25, 0.3) is 5.12 Å². The molecule has 114 valence electrons. The third-order valence-electron chi connectivity index (χ3n) is 2.53. The van der Waals surface area contributed by atoms with E-state index >= 15 is 0 Å². The monoisotopic (exact) mass is 303 g/mol. The maximum absolute atomic E-state index is 11.4. The van der Waals surface area contributed by atoms with Crippen LogP contribution in [0.3, 0.4) is 0 Å². The van der Waals surface area contributed by atoms with Crippen LogP contribution in [0.1, 0.15) is 33.6 Å². The fourth-order valence-electron chi connectivity index (χ4n) is 1.17. The first-order valence-corrected chi connectivity index (χ1v) is 7.54.